The summed E-state index contributed by atoms with van der Waals surface area (Å²) in [6, 6.07) is 12.1. The molecule has 0 unspecified atom stereocenters. The van der Waals surface area contributed by atoms with Gasteiger partial charge in [0.05, 0.1) is 21.2 Å². The molecular formula is C36H50N4O4Si2. The Balaban J connectivity index is 3.07. The highest BCUT2D eigenvalue weighted by atomic mass is 28.3. The largest absolute Gasteiger partial charge is 0.269 e. The fraction of sp³-hybridized carbons (Fsp3) is 0.500. The number of nitro benzene ring substituents is 2. The van der Waals surface area contributed by atoms with Gasteiger partial charge in [0.1, 0.15) is 27.6 Å². The first kappa shape index (κ1) is 38.3. The summed E-state index contributed by atoms with van der Waals surface area (Å²) in [5, 5.41) is 22.7. The van der Waals surface area contributed by atoms with Gasteiger partial charge >= 0.3 is 0 Å². The maximum absolute atomic E-state index is 11.3. The molecule has 0 aliphatic rings. The molecule has 0 aliphatic heterocycles. The molecule has 0 aromatic heterocycles. The molecule has 2 rings (SSSR count). The SMILES string of the molecule is CC(C)[Si](C#CC(=Nc1ccc([N+](=O)[O-])cc1)C(C#C[Si](C(C)C)(C(C)C)C(C)C)=Nc1ccc([N+](=O)[O-])cc1)(C(C)C)C(C)C. The van der Waals surface area contributed by atoms with Crippen LogP contribution in [-0.4, -0.2) is 37.4 Å². The molecule has 2 aromatic rings. The normalized spacial score (nSPS) is 12.9. The van der Waals surface area contributed by atoms with E-state index in [1.165, 1.54) is 24.3 Å². The molecule has 2 aromatic carbocycles. The lowest BCUT2D eigenvalue weighted by Crippen LogP contribution is -2.43. The molecule has 10 heteroatoms. The van der Waals surface area contributed by atoms with Crippen LogP contribution in [0.15, 0.2) is 58.5 Å². The van der Waals surface area contributed by atoms with E-state index in [2.05, 4.69) is 106 Å². The standard InChI is InChI=1S/C36H50N4O4Si2/c1-25(2)45(26(3)4,27(5)6)23-21-35(37-31-13-17-33(18-14-31)39(41)42)36(38-32-15-19-34(20-16-32)40(43)44)22-24-46(28(7)8,29(9)10)30(11)12/h13-20,25-30H,1-12H3. The highest BCUT2D eigenvalue weighted by molar-refractivity contribution is 6.91. The summed E-state index contributed by atoms with van der Waals surface area (Å²) in [6.07, 6.45) is 0. The number of hydrogen-bond acceptors (Lipinski definition) is 6. The fourth-order valence-corrected chi connectivity index (χ4v) is 17.4. The summed E-state index contributed by atoms with van der Waals surface area (Å²) in [7, 11) is -4.41. The minimum atomic E-state index is -2.20. The van der Waals surface area contributed by atoms with Crippen LogP contribution in [0.4, 0.5) is 22.7 Å². The summed E-state index contributed by atoms with van der Waals surface area (Å²) in [6.45, 7) is 26.9. The molecule has 0 radical (unpaired) electrons. The first-order chi connectivity index (χ1) is 21.4. The number of nitrogens with zero attached hydrogens (tertiary/aromatic N) is 4. The Morgan fingerprint density at radius 1 is 0.522 bits per heavy atom. The monoisotopic (exact) mass is 658 g/mol. The van der Waals surface area contributed by atoms with E-state index in [-0.39, 0.29) is 11.4 Å². The molecule has 0 spiro atoms. The van der Waals surface area contributed by atoms with Crippen LogP contribution in [0.5, 0.6) is 0 Å². The predicted octanol–water partition coefficient (Wildman–Crippen LogP) is 10.8. The van der Waals surface area contributed by atoms with Crippen molar-refractivity contribution in [2.45, 2.75) is 116 Å². The number of nitro groups is 2. The second-order valence-electron chi connectivity index (χ2n) is 13.8. The van der Waals surface area contributed by atoms with E-state index in [9.17, 15) is 20.2 Å². The zero-order chi connectivity index (χ0) is 35.0. The van der Waals surface area contributed by atoms with Gasteiger partial charge in [-0.1, -0.05) is 94.9 Å². The third-order valence-electron chi connectivity index (χ3n) is 9.35. The molecule has 0 heterocycles. The van der Waals surface area contributed by atoms with E-state index in [0.717, 1.165) is 0 Å². The van der Waals surface area contributed by atoms with Gasteiger partial charge in [0.15, 0.2) is 0 Å². The van der Waals surface area contributed by atoms with Crippen LogP contribution < -0.4 is 0 Å². The Hall–Kier alpha value is -3.87. The van der Waals surface area contributed by atoms with Crippen molar-refractivity contribution in [1.82, 2.24) is 0 Å². The summed E-state index contributed by atoms with van der Waals surface area (Å²) < 4.78 is 0. The van der Waals surface area contributed by atoms with Gasteiger partial charge < -0.3 is 0 Å². The van der Waals surface area contributed by atoms with Gasteiger partial charge in [-0.25, -0.2) is 9.98 Å². The van der Waals surface area contributed by atoms with E-state index in [1.54, 1.807) is 24.3 Å². The average Bonchev–Trinajstić information content (AvgIpc) is 2.96. The molecule has 0 amide bonds. The van der Waals surface area contributed by atoms with Crippen LogP contribution in [-0.2, 0) is 0 Å². The van der Waals surface area contributed by atoms with Gasteiger partial charge in [0.25, 0.3) is 11.4 Å². The van der Waals surface area contributed by atoms with Crippen LogP contribution in [0.25, 0.3) is 0 Å². The van der Waals surface area contributed by atoms with Crippen LogP contribution >= 0.6 is 0 Å². The van der Waals surface area contributed by atoms with E-state index >= 15 is 0 Å². The molecule has 8 nitrogen and oxygen atoms in total. The second kappa shape index (κ2) is 16.1. The molecule has 0 aliphatic carbocycles. The Morgan fingerprint density at radius 3 is 0.957 bits per heavy atom. The van der Waals surface area contributed by atoms with Gasteiger partial charge in [-0.3, -0.25) is 20.2 Å². The number of aliphatic imine (C=N–C) groups is 2. The van der Waals surface area contributed by atoms with Crippen molar-refractivity contribution in [3.63, 3.8) is 0 Å². The zero-order valence-electron chi connectivity index (χ0n) is 29.5. The molecular weight excluding hydrogens is 609 g/mol. The first-order valence-corrected chi connectivity index (χ1v) is 20.6. The Bertz CT molecular complexity index is 1400. The van der Waals surface area contributed by atoms with Gasteiger partial charge in [-0.2, -0.15) is 0 Å². The van der Waals surface area contributed by atoms with Gasteiger partial charge in [0, 0.05) is 24.3 Å². The highest BCUT2D eigenvalue weighted by Gasteiger charge is 2.43. The third kappa shape index (κ3) is 8.68. The second-order valence-corrected chi connectivity index (χ2v) is 24.9. The topological polar surface area (TPSA) is 111 Å². The Kier molecular flexibility index (Phi) is 13.4. The minimum absolute atomic E-state index is 0.0291. The van der Waals surface area contributed by atoms with Crippen molar-refractivity contribution in [2.24, 2.45) is 9.98 Å². The number of benzene rings is 2. The van der Waals surface area contributed by atoms with E-state index in [0.29, 0.717) is 56.0 Å². The summed E-state index contributed by atoms with van der Waals surface area (Å²) in [5.41, 5.74) is 11.5. The Labute approximate surface area is 277 Å². The average molecular weight is 659 g/mol. The van der Waals surface area contributed by atoms with Crippen molar-refractivity contribution in [2.75, 3.05) is 0 Å². The smallest absolute Gasteiger partial charge is 0.258 e. The lowest BCUT2D eigenvalue weighted by Gasteiger charge is -2.38. The molecule has 0 saturated carbocycles. The van der Waals surface area contributed by atoms with Crippen LogP contribution in [0.1, 0.15) is 83.1 Å². The number of rotatable bonds is 11. The van der Waals surface area contributed by atoms with E-state index in [4.69, 9.17) is 9.98 Å². The molecule has 0 N–H and O–H groups in total. The molecule has 46 heavy (non-hydrogen) atoms. The van der Waals surface area contributed by atoms with Crippen molar-refractivity contribution in [1.29, 1.82) is 0 Å². The first-order valence-electron chi connectivity index (χ1n) is 16.1. The van der Waals surface area contributed by atoms with Crippen LogP contribution in [0, 0.1) is 43.2 Å². The maximum atomic E-state index is 11.3. The minimum Gasteiger partial charge on any atom is -0.258 e. The van der Waals surface area contributed by atoms with Gasteiger partial charge in [-0.15, -0.1) is 11.1 Å². The predicted molar refractivity (Wildman–Crippen MR) is 198 cm³/mol. The highest BCUT2D eigenvalue weighted by Crippen LogP contribution is 2.42. The van der Waals surface area contributed by atoms with E-state index < -0.39 is 26.0 Å². The number of hydrogen-bond donors (Lipinski definition) is 0. The van der Waals surface area contributed by atoms with E-state index in [1.807, 2.05) is 0 Å². The molecule has 0 fully saturated rings. The lowest BCUT2D eigenvalue weighted by atomic mass is 10.2. The van der Waals surface area contributed by atoms with Crippen molar-refractivity contribution >= 4 is 50.3 Å². The zero-order valence-corrected chi connectivity index (χ0v) is 31.5. The summed E-state index contributed by atoms with van der Waals surface area (Å²) >= 11 is 0. The van der Waals surface area contributed by atoms with Crippen LogP contribution in [0.2, 0.25) is 33.2 Å². The lowest BCUT2D eigenvalue weighted by molar-refractivity contribution is -0.385. The maximum Gasteiger partial charge on any atom is 0.269 e. The van der Waals surface area contributed by atoms with Crippen molar-refractivity contribution in [3.8, 4) is 22.9 Å². The van der Waals surface area contributed by atoms with Crippen molar-refractivity contribution < 1.29 is 9.85 Å². The molecule has 246 valence electrons. The van der Waals surface area contributed by atoms with Crippen LogP contribution in [0.3, 0.4) is 0 Å². The third-order valence-corrected chi connectivity index (χ3v) is 21.9. The Morgan fingerprint density at radius 2 is 0.761 bits per heavy atom. The summed E-state index contributed by atoms with van der Waals surface area (Å²) in [5.74, 6) is 6.93. The molecule has 0 saturated heterocycles. The number of non-ortho nitro benzene ring substituents is 2. The quantitative estimate of drug-likeness (QED) is 0.0786. The molecule has 0 atom stereocenters. The van der Waals surface area contributed by atoms with Crippen molar-refractivity contribution in [3.05, 3.63) is 68.8 Å². The van der Waals surface area contributed by atoms with Gasteiger partial charge in [0.2, 0.25) is 0 Å². The molecule has 0 bridgehead atoms. The fourth-order valence-electron chi connectivity index (χ4n) is 7.04. The van der Waals surface area contributed by atoms with Gasteiger partial charge in [-0.05, 0) is 57.5 Å². The summed E-state index contributed by atoms with van der Waals surface area (Å²) in [4.78, 5) is 31.7.